The lowest BCUT2D eigenvalue weighted by Gasteiger charge is -2.09. The summed E-state index contributed by atoms with van der Waals surface area (Å²) in [5.74, 6) is -1.62. The van der Waals surface area contributed by atoms with Gasteiger partial charge in [-0.05, 0) is 25.0 Å². The fourth-order valence-corrected chi connectivity index (χ4v) is 5.06. The number of thiazole rings is 1. The van der Waals surface area contributed by atoms with E-state index >= 15 is 0 Å². The number of sulfone groups is 1. The number of ketones is 1. The minimum absolute atomic E-state index is 0.0502. The number of anilines is 2. The van der Waals surface area contributed by atoms with Crippen molar-refractivity contribution in [2.75, 3.05) is 16.9 Å². The molecule has 1 saturated carbocycles. The van der Waals surface area contributed by atoms with Crippen LogP contribution in [0.2, 0.25) is 0 Å². The molecule has 0 atom stereocenters. The van der Waals surface area contributed by atoms with Crippen molar-refractivity contribution in [2.24, 2.45) is 5.92 Å². The molecular formula is C17H18N4O6S2. The molecule has 2 heterocycles. The Morgan fingerprint density at radius 3 is 2.48 bits per heavy atom. The van der Waals surface area contributed by atoms with Crippen LogP contribution in [0.4, 0.5) is 15.6 Å². The third-order valence-electron chi connectivity index (χ3n) is 4.35. The number of nitrogens with zero attached hydrogens (tertiary/aromatic N) is 2. The van der Waals surface area contributed by atoms with E-state index < -0.39 is 31.7 Å². The number of pyridine rings is 1. The summed E-state index contributed by atoms with van der Waals surface area (Å²) in [4.78, 5) is 43.6. The number of hydrogen-bond acceptors (Lipinski definition) is 8. The predicted molar refractivity (Wildman–Crippen MR) is 105 cm³/mol. The van der Waals surface area contributed by atoms with Crippen LogP contribution in [0, 0.1) is 5.92 Å². The molecule has 1 aliphatic rings. The molecule has 0 spiro atoms. The van der Waals surface area contributed by atoms with E-state index in [1.54, 1.807) is 0 Å². The van der Waals surface area contributed by atoms with Crippen molar-refractivity contribution in [3.63, 3.8) is 0 Å². The van der Waals surface area contributed by atoms with Crippen LogP contribution < -0.4 is 10.6 Å². The largest absolute Gasteiger partial charge is 0.476 e. The minimum atomic E-state index is -3.82. The second-order valence-electron chi connectivity index (χ2n) is 6.59. The Labute approximate surface area is 170 Å². The first-order chi connectivity index (χ1) is 13.6. The molecule has 0 unspecified atom stereocenters. The van der Waals surface area contributed by atoms with Gasteiger partial charge in [0.15, 0.2) is 30.7 Å². The fraction of sp³-hybridized carbons (Fsp3) is 0.353. The van der Waals surface area contributed by atoms with Gasteiger partial charge in [-0.3, -0.25) is 15.1 Å². The van der Waals surface area contributed by atoms with Crippen LogP contribution in [0.25, 0.3) is 0 Å². The standard InChI is InChI=1S/C17H18N4O6S2/c1-29(26,27)15-12(14(23)24)20-17(28-15)21-16(25)19-10-6-7-18-11(8-10)13(22)9-4-2-3-5-9/h6-9H,2-5H2,1H3,(H,23,24)(H2,18,19,20,21,25). The van der Waals surface area contributed by atoms with E-state index in [4.69, 9.17) is 5.11 Å². The minimum Gasteiger partial charge on any atom is -0.476 e. The van der Waals surface area contributed by atoms with Crippen molar-refractivity contribution in [3.05, 3.63) is 29.7 Å². The highest BCUT2D eigenvalue weighted by Crippen LogP contribution is 2.29. The quantitative estimate of drug-likeness (QED) is 0.581. The number of carbonyl (C=O) groups excluding carboxylic acids is 2. The number of rotatable bonds is 6. The number of amides is 2. The summed E-state index contributed by atoms with van der Waals surface area (Å²) in [5.41, 5.74) is -0.0742. The fourth-order valence-electron chi connectivity index (χ4n) is 3.05. The van der Waals surface area contributed by atoms with Crippen LogP contribution in [0.1, 0.15) is 46.7 Å². The van der Waals surface area contributed by atoms with Gasteiger partial charge in [-0.1, -0.05) is 24.2 Å². The molecule has 1 aliphatic carbocycles. The van der Waals surface area contributed by atoms with Gasteiger partial charge < -0.3 is 10.4 Å². The molecule has 3 N–H and O–H groups in total. The molecule has 0 radical (unpaired) electrons. The summed E-state index contributed by atoms with van der Waals surface area (Å²) in [5, 5.41) is 13.7. The Morgan fingerprint density at radius 2 is 1.90 bits per heavy atom. The zero-order valence-corrected chi connectivity index (χ0v) is 17.0. The van der Waals surface area contributed by atoms with Crippen molar-refractivity contribution in [1.82, 2.24) is 9.97 Å². The van der Waals surface area contributed by atoms with Gasteiger partial charge in [-0.25, -0.2) is 23.0 Å². The van der Waals surface area contributed by atoms with Crippen LogP contribution in [-0.2, 0) is 9.84 Å². The van der Waals surface area contributed by atoms with Crippen LogP contribution in [0.5, 0.6) is 0 Å². The summed E-state index contributed by atoms with van der Waals surface area (Å²) in [6.07, 6.45) is 5.95. The first kappa shape index (κ1) is 20.9. The molecule has 0 aromatic carbocycles. The molecule has 12 heteroatoms. The third kappa shape index (κ3) is 4.95. The van der Waals surface area contributed by atoms with Crippen molar-refractivity contribution in [3.8, 4) is 0 Å². The van der Waals surface area contributed by atoms with Gasteiger partial charge in [0.1, 0.15) is 5.69 Å². The Kier molecular flexibility index (Phi) is 5.94. The van der Waals surface area contributed by atoms with Crippen molar-refractivity contribution < 1.29 is 27.9 Å². The molecule has 29 heavy (non-hydrogen) atoms. The number of carboxylic acids is 1. The molecule has 0 aliphatic heterocycles. The SMILES string of the molecule is CS(=O)(=O)c1sc(NC(=O)Nc2ccnc(C(=O)C3CCCC3)c2)nc1C(=O)O. The number of carbonyl (C=O) groups is 3. The topological polar surface area (TPSA) is 155 Å². The van der Waals surface area contributed by atoms with E-state index in [0.717, 1.165) is 31.9 Å². The van der Waals surface area contributed by atoms with Gasteiger partial charge >= 0.3 is 12.0 Å². The number of hydrogen-bond donors (Lipinski definition) is 3. The van der Waals surface area contributed by atoms with Gasteiger partial charge in [0, 0.05) is 24.1 Å². The molecular weight excluding hydrogens is 420 g/mol. The highest BCUT2D eigenvalue weighted by atomic mass is 32.2. The Balaban J connectivity index is 1.72. The molecule has 2 amide bonds. The predicted octanol–water partition coefficient (Wildman–Crippen LogP) is 2.66. The number of urea groups is 1. The first-order valence-corrected chi connectivity index (χ1v) is 11.4. The maximum absolute atomic E-state index is 12.5. The summed E-state index contributed by atoms with van der Waals surface area (Å²) < 4.78 is 22.9. The van der Waals surface area contributed by atoms with Gasteiger partial charge in [-0.15, -0.1) is 0 Å². The highest BCUT2D eigenvalue weighted by Gasteiger charge is 2.26. The molecule has 1 fully saturated rings. The maximum atomic E-state index is 12.5. The van der Waals surface area contributed by atoms with Crippen LogP contribution in [0.15, 0.2) is 22.5 Å². The lowest BCUT2D eigenvalue weighted by Crippen LogP contribution is -2.20. The zero-order valence-electron chi connectivity index (χ0n) is 15.3. The third-order valence-corrected chi connectivity index (χ3v) is 7.14. The highest BCUT2D eigenvalue weighted by molar-refractivity contribution is 7.93. The van der Waals surface area contributed by atoms with Gasteiger partial charge in [0.05, 0.1) is 0 Å². The zero-order chi connectivity index (χ0) is 21.2. The number of aromatic nitrogens is 2. The summed E-state index contributed by atoms with van der Waals surface area (Å²) in [6, 6.07) is 2.20. The number of nitrogens with one attached hydrogen (secondary N) is 2. The Morgan fingerprint density at radius 1 is 1.21 bits per heavy atom. The maximum Gasteiger partial charge on any atom is 0.356 e. The van der Waals surface area contributed by atoms with Gasteiger partial charge in [-0.2, -0.15) is 0 Å². The lowest BCUT2D eigenvalue weighted by molar-refractivity contribution is 0.0687. The van der Waals surface area contributed by atoms with Crippen molar-refractivity contribution in [2.45, 2.75) is 29.9 Å². The molecule has 0 saturated heterocycles. The first-order valence-electron chi connectivity index (χ1n) is 8.67. The Bertz CT molecular complexity index is 1070. The second-order valence-corrected chi connectivity index (χ2v) is 9.80. The van der Waals surface area contributed by atoms with E-state index in [9.17, 15) is 22.8 Å². The molecule has 2 aromatic rings. The average molecular weight is 438 g/mol. The van der Waals surface area contributed by atoms with Crippen LogP contribution in [-0.4, -0.2) is 47.5 Å². The van der Waals surface area contributed by atoms with Crippen LogP contribution >= 0.6 is 11.3 Å². The Hall–Kier alpha value is -2.86. The monoisotopic (exact) mass is 438 g/mol. The molecule has 10 nitrogen and oxygen atoms in total. The van der Waals surface area contributed by atoms with Gasteiger partial charge in [0.2, 0.25) is 0 Å². The lowest BCUT2D eigenvalue weighted by atomic mass is 9.99. The van der Waals surface area contributed by atoms with Gasteiger partial charge in [0.25, 0.3) is 0 Å². The molecule has 0 bridgehead atoms. The second kappa shape index (κ2) is 8.25. The van der Waals surface area contributed by atoms with Crippen molar-refractivity contribution in [1.29, 1.82) is 0 Å². The summed E-state index contributed by atoms with van der Waals surface area (Å²) in [7, 11) is -3.82. The van der Waals surface area contributed by atoms with E-state index in [1.807, 2.05) is 0 Å². The summed E-state index contributed by atoms with van der Waals surface area (Å²) in [6.45, 7) is 0. The molecule has 154 valence electrons. The van der Waals surface area contributed by atoms with E-state index in [-0.39, 0.29) is 22.5 Å². The van der Waals surface area contributed by atoms with Crippen LogP contribution in [0.3, 0.4) is 0 Å². The number of carboxylic acid groups (broad SMARTS) is 1. The number of Topliss-reactive ketones (excluding diaryl/α,β-unsaturated/α-hetero) is 1. The van der Waals surface area contributed by atoms with E-state index in [0.29, 0.717) is 17.0 Å². The molecule has 3 rings (SSSR count). The smallest absolute Gasteiger partial charge is 0.356 e. The average Bonchev–Trinajstić information content (AvgIpc) is 3.30. The molecule has 2 aromatic heterocycles. The normalized spacial score (nSPS) is 14.5. The van der Waals surface area contributed by atoms with Crippen molar-refractivity contribution >= 4 is 49.8 Å². The van der Waals surface area contributed by atoms with E-state index in [1.165, 1.54) is 18.3 Å². The van der Waals surface area contributed by atoms with E-state index in [2.05, 4.69) is 20.6 Å². The summed E-state index contributed by atoms with van der Waals surface area (Å²) >= 11 is 0.540. The number of aromatic carboxylic acids is 1.